The van der Waals surface area contributed by atoms with Crippen LogP contribution in [0.4, 0.5) is 5.82 Å². The molecule has 0 bridgehead atoms. The summed E-state index contributed by atoms with van der Waals surface area (Å²) in [6.45, 7) is 5.25. The standard InChI is InChI=1S/C23H23ClN4O2/c1-2-30-18-9-7-17(8-10-18)21-15-22(26-16-25-21)27-11-13-28(14-12-27)23(29)19-5-3-4-6-20(19)24/h3-10,15-16H,2,11-14H2,1H3. The molecule has 0 aliphatic carbocycles. The van der Waals surface area contributed by atoms with Crippen LogP contribution in [0.25, 0.3) is 11.3 Å². The molecule has 0 atom stereocenters. The zero-order valence-electron chi connectivity index (χ0n) is 16.8. The van der Waals surface area contributed by atoms with Gasteiger partial charge in [0.15, 0.2) is 0 Å². The molecule has 1 aliphatic rings. The molecule has 1 fully saturated rings. The summed E-state index contributed by atoms with van der Waals surface area (Å²) in [7, 11) is 0. The number of anilines is 1. The Kier molecular flexibility index (Phi) is 6.14. The summed E-state index contributed by atoms with van der Waals surface area (Å²) in [6.07, 6.45) is 1.59. The van der Waals surface area contributed by atoms with Gasteiger partial charge in [-0.2, -0.15) is 0 Å². The van der Waals surface area contributed by atoms with E-state index in [0.29, 0.717) is 43.4 Å². The molecule has 3 aromatic rings. The molecule has 154 valence electrons. The number of rotatable bonds is 5. The van der Waals surface area contributed by atoms with Gasteiger partial charge in [-0.05, 0) is 43.3 Å². The summed E-state index contributed by atoms with van der Waals surface area (Å²) >= 11 is 6.18. The molecular formula is C23H23ClN4O2. The zero-order chi connectivity index (χ0) is 20.9. The maximum Gasteiger partial charge on any atom is 0.255 e. The number of amides is 1. The van der Waals surface area contributed by atoms with E-state index >= 15 is 0 Å². The van der Waals surface area contributed by atoms with Gasteiger partial charge in [0.1, 0.15) is 17.9 Å². The van der Waals surface area contributed by atoms with Crippen molar-refractivity contribution in [2.24, 2.45) is 0 Å². The lowest BCUT2D eigenvalue weighted by Crippen LogP contribution is -2.49. The summed E-state index contributed by atoms with van der Waals surface area (Å²) in [4.78, 5) is 25.6. The molecule has 2 aromatic carbocycles. The number of ether oxygens (including phenoxy) is 1. The zero-order valence-corrected chi connectivity index (χ0v) is 17.5. The number of benzene rings is 2. The Morgan fingerprint density at radius 1 is 1.03 bits per heavy atom. The van der Waals surface area contributed by atoms with Crippen molar-refractivity contribution >= 4 is 23.3 Å². The van der Waals surface area contributed by atoms with Crippen molar-refractivity contribution < 1.29 is 9.53 Å². The van der Waals surface area contributed by atoms with Crippen LogP contribution in [0.1, 0.15) is 17.3 Å². The first kappa shape index (κ1) is 20.2. The van der Waals surface area contributed by atoms with Crippen molar-refractivity contribution in [2.45, 2.75) is 6.92 Å². The van der Waals surface area contributed by atoms with Gasteiger partial charge in [0.05, 0.1) is 22.9 Å². The fraction of sp³-hybridized carbons (Fsp3) is 0.261. The van der Waals surface area contributed by atoms with Gasteiger partial charge < -0.3 is 14.5 Å². The highest BCUT2D eigenvalue weighted by Crippen LogP contribution is 2.24. The highest BCUT2D eigenvalue weighted by molar-refractivity contribution is 6.33. The molecule has 1 saturated heterocycles. The summed E-state index contributed by atoms with van der Waals surface area (Å²) in [5.41, 5.74) is 2.42. The molecule has 30 heavy (non-hydrogen) atoms. The SMILES string of the molecule is CCOc1ccc(-c2cc(N3CCN(C(=O)c4ccccc4Cl)CC3)ncn2)cc1. The monoisotopic (exact) mass is 422 g/mol. The van der Waals surface area contributed by atoms with E-state index in [1.165, 1.54) is 0 Å². The number of carbonyl (C=O) groups excluding carboxylic acids is 1. The molecule has 0 unspecified atom stereocenters. The Hall–Kier alpha value is -3.12. The van der Waals surface area contributed by atoms with Crippen molar-refractivity contribution in [3.05, 3.63) is 71.5 Å². The Bertz CT molecular complexity index is 1020. The summed E-state index contributed by atoms with van der Waals surface area (Å²) in [5.74, 6) is 1.67. The lowest BCUT2D eigenvalue weighted by Gasteiger charge is -2.35. The van der Waals surface area contributed by atoms with Gasteiger partial charge in [0, 0.05) is 37.8 Å². The normalized spacial score (nSPS) is 13.9. The molecule has 4 rings (SSSR count). The van der Waals surface area contributed by atoms with E-state index in [4.69, 9.17) is 16.3 Å². The van der Waals surface area contributed by atoms with Crippen LogP contribution in [0.5, 0.6) is 5.75 Å². The van der Waals surface area contributed by atoms with Crippen molar-refractivity contribution in [1.82, 2.24) is 14.9 Å². The molecule has 0 N–H and O–H groups in total. The van der Waals surface area contributed by atoms with E-state index in [-0.39, 0.29) is 5.91 Å². The van der Waals surface area contributed by atoms with Gasteiger partial charge >= 0.3 is 0 Å². The molecular weight excluding hydrogens is 400 g/mol. The minimum Gasteiger partial charge on any atom is -0.494 e. The van der Waals surface area contributed by atoms with E-state index in [0.717, 1.165) is 22.8 Å². The molecule has 0 radical (unpaired) electrons. The molecule has 0 spiro atoms. The highest BCUT2D eigenvalue weighted by Gasteiger charge is 2.24. The predicted octanol–water partition coefficient (Wildman–Crippen LogP) is 4.16. The summed E-state index contributed by atoms with van der Waals surface area (Å²) < 4.78 is 5.50. The number of hydrogen-bond acceptors (Lipinski definition) is 5. The first-order chi connectivity index (χ1) is 14.7. The largest absolute Gasteiger partial charge is 0.494 e. The van der Waals surface area contributed by atoms with Crippen LogP contribution < -0.4 is 9.64 Å². The number of piperazine rings is 1. The Morgan fingerprint density at radius 3 is 2.47 bits per heavy atom. The average molecular weight is 423 g/mol. The number of aromatic nitrogens is 2. The van der Waals surface area contributed by atoms with Gasteiger partial charge in [-0.15, -0.1) is 0 Å². The highest BCUT2D eigenvalue weighted by atomic mass is 35.5. The minimum absolute atomic E-state index is 0.0296. The second-order valence-corrected chi connectivity index (χ2v) is 7.39. The fourth-order valence-corrected chi connectivity index (χ4v) is 3.73. The Morgan fingerprint density at radius 2 is 1.77 bits per heavy atom. The molecule has 6 nitrogen and oxygen atoms in total. The van der Waals surface area contributed by atoms with Gasteiger partial charge in [-0.25, -0.2) is 9.97 Å². The average Bonchev–Trinajstić information content (AvgIpc) is 2.80. The first-order valence-electron chi connectivity index (χ1n) is 9.99. The first-order valence-corrected chi connectivity index (χ1v) is 10.4. The van der Waals surface area contributed by atoms with E-state index in [9.17, 15) is 4.79 Å². The molecule has 1 aliphatic heterocycles. The number of halogens is 1. The lowest BCUT2D eigenvalue weighted by molar-refractivity contribution is 0.0746. The number of carbonyl (C=O) groups is 1. The third-order valence-electron chi connectivity index (χ3n) is 5.11. The van der Waals surface area contributed by atoms with Crippen LogP contribution >= 0.6 is 11.6 Å². The minimum atomic E-state index is -0.0296. The Labute approximate surface area is 181 Å². The smallest absolute Gasteiger partial charge is 0.255 e. The summed E-state index contributed by atoms with van der Waals surface area (Å²) in [6, 6.07) is 17.0. The topological polar surface area (TPSA) is 58.6 Å². The fourth-order valence-electron chi connectivity index (χ4n) is 3.51. The van der Waals surface area contributed by atoms with Crippen molar-refractivity contribution in [1.29, 1.82) is 0 Å². The number of nitrogens with zero attached hydrogens (tertiary/aromatic N) is 4. The van der Waals surface area contributed by atoms with Crippen molar-refractivity contribution in [3.8, 4) is 17.0 Å². The lowest BCUT2D eigenvalue weighted by atomic mass is 10.1. The molecule has 1 amide bonds. The van der Waals surface area contributed by atoms with Gasteiger partial charge in [0.2, 0.25) is 0 Å². The maximum atomic E-state index is 12.8. The molecule has 0 saturated carbocycles. The van der Waals surface area contributed by atoms with Crippen molar-refractivity contribution in [2.75, 3.05) is 37.7 Å². The van der Waals surface area contributed by atoms with E-state index in [1.807, 2.05) is 54.3 Å². The van der Waals surface area contributed by atoms with Crippen LogP contribution in [-0.4, -0.2) is 53.6 Å². The second kappa shape index (κ2) is 9.13. The van der Waals surface area contributed by atoms with Crippen LogP contribution in [-0.2, 0) is 0 Å². The van der Waals surface area contributed by atoms with Crippen LogP contribution in [0.3, 0.4) is 0 Å². The van der Waals surface area contributed by atoms with E-state index < -0.39 is 0 Å². The van der Waals surface area contributed by atoms with Crippen LogP contribution in [0.2, 0.25) is 5.02 Å². The third kappa shape index (κ3) is 4.39. The van der Waals surface area contributed by atoms with E-state index in [1.54, 1.807) is 18.5 Å². The van der Waals surface area contributed by atoms with Gasteiger partial charge in [-0.3, -0.25) is 4.79 Å². The third-order valence-corrected chi connectivity index (χ3v) is 5.44. The van der Waals surface area contributed by atoms with Crippen molar-refractivity contribution in [3.63, 3.8) is 0 Å². The van der Waals surface area contributed by atoms with Gasteiger partial charge in [0.25, 0.3) is 5.91 Å². The Balaban J connectivity index is 1.43. The van der Waals surface area contributed by atoms with Crippen LogP contribution in [0, 0.1) is 0 Å². The van der Waals surface area contributed by atoms with E-state index in [2.05, 4.69) is 14.9 Å². The maximum absolute atomic E-state index is 12.8. The molecule has 2 heterocycles. The number of hydrogen-bond donors (Lipinski definition) is 0. The quantitative estimate of drug-likeness (QED) is 0.618. The second-order valence-electron chi connectivity index (χ2n) is 6.98. The van der Waals surface area contributed by atoms with Gasteiger partial charge in [-0.1, -0.05) is 23.7 Å². The van der Waals surface area contributed by atoms with Crippen LogP contribution in [0.15, 0.2) is 60.9 Å². The predicted molar refractivity (Wildman–Crippen MR) is 118 cm³/mol. The molecule has 7 heteroatoms. The molecule has 1 aromatic heterocycles. The summed E-state index contributed by atoms with van der Waals surface area (Å²) in [5, 5.41) is 0.487.